The number of benzene rings is 1. The van der Waals surface area contributed by atoms with Gasteiger partial charge in [-0.15, -0.1) is 0 Å². The van der Waals surface area contributed by atoms with E-state index in [1.807, 2.05) is 0 Å². The lowest BCUT2D eigenvalue weighted by molar-refractivity contribution is 0.405. The number of nitrogen functional groups attached to an aromatic ring is 1. The first-order valence-electron chi connectivity index (χ1n) is 5.64. The van der Waals surface area contributed by atoms with Crippen LogP contribution in [0.3, 0.4) is 0 Å². The third-order valence-electron chi connectivity index (χ3n) is 2.61. The lowest BCUT2D eigenvalue weighted by Crippen LogP contribution is -2.01. The van der Waals surface area contributed by atoms with Crippen molar-refractivity contribution in [2.45, 2.75) is 0 Å². The molecule has 1 heterocycles. The van der Waals surface area contributed by atoms with E-state index in [-0.39, 0.29) is 0 Å². The molecular weight excluding hydrogens is 301 g/mol. The molecule has 0 spiro atoms. The van der Waals surface area contributed by atoms with Crippen molar-refractivity contribution >= 4 is 40.4 Å². The van der Waals surface area contributed by atoms with Gasteiger partial charge in [0.1, 0.15) is 11.5 Å². The Kier molecular flexibility index (Phi) is 4.42. The first-order valence-corrected chi connectivity index (χ1v) is 6.40. The van der Waals surface area contributed by atoms with Crippen molar-refractivity contribution in [1.29, 1.82) is 0 Å². The van der Waals surface area contributed by atoms with Crippen LogP contribution < -0.4 is 20.5 Å². The van der Waals surface area contributed by atoms with E-state index in [1.165, 1.54) is 13.3 Å². The number of anilines is 3. The second kappa shape index (κ2) is 6.07. The Morgan fingerprint density at radius 3 is 2.40 bits per heavy atom. The third kappa shape index (κ3) is 3.00. The van der Waals surface area contributed by atoms with E-state index in [0.717, 1.165) is 0 Å². The zero-order chi connectivity index (χ0) is 14.7. The second-order valence-electron chi connectivity index (χ2n) is 3.90. The molecule has 0 atom stereocenters. The van der Waals surface area contributed by atoms with Gasteiger partial charge in [0.05, 0.1) is 35.6 Å². The quantitative estimate of drug-likeness (QED) is 0.900. The SMILES string of the molecule is COc1cc(Nc2ncc(Cl)cc2N)c(OC)cc1Cl. The van der Waals surface area contributed by atoms with Crippen LogP contribution in [0.25, 0.3) is 0 Å². The van der Waals surface area contributed by atoms with E-state index in [1.54, 1.807) is 25.3 Å². The summed E-state index contributed by atoms with van der Waals surface area (Å²) in [5.74, 6) is 1.53. The van der Waals surface area contributed by atoms with Crippen LogP contribution in [0.2, 0.25) is 10.0 Å². The van der Waals surface area contributed by atoms with Gasteiger partial charge in [0, 0.05) is 18.3 Å². The molecule has 0 aliphatic heterocycles. The van der Waals surface area contributed by atoms with Crippen molar-refractivity contribution in [2.75, 3.05) is 25.3 Å². The molecule has 5 nitrogen and oxygen atoms in total. The molecule has 0 saturated heterocycles. The third-order valence-corrected chi connectivity index (χ3v) is 3.11. The summed E-state index contributed by atoms with van der Waals surface area (Å²) < 4.78 is 10.4. The summed E-state index contributed by atoms with van der Waals surface area (Å²) in [6, 6.07) is 4.96. The summed E-state index contributed by atoms with van der Waals surface area (Å²) in [7, 11) is 3.08. The van der Waals surface area contributed by atoms with Crippen LogP contribution >= 0.6 is 23.2 Å². The van der Waals surface area contributed by atoms with Crippen molar-refractivity contribution < 1.29 is 9.47 Å². The van der Waals surface area contributed by atoms with Gasteiger partial charge in [-0.25, -0.2) is 4.98 Å². The Morgan fingerprint density at radius 1 is 1.10 bits per heavy atom. The minimum atomic E-state index is 0.425. The predicted molar refractivity (Wildman–Crippen MR) is 81.5 cm³/mol. The maximum Gasteiger partial charge on any atom is 0.153 e. The van der Waals surface area contributed by atoms with Gasteiger partial charge in [0.15, 0.2) is 5.82 Å². The first kappa shape index (κ1) is 14.6. The summed E-state index contributed by atoms with van der Waals surface area (Å²) in [4.78, 5) is 4.13. The van der Waals surface area contributed by atoms with Gasteiger partial charge in [0.25, 0.3) is 0 Å². The van der Waals surface area contributed by atoms with E-state index in [9.17, 15) is 0 Å². The lowest BCUT2D eigenvalue weighted by Gasteiger charge is -2.14. The van der Waals surface area contributed by atoms with Gasteiger partial charge in [-0.3, -0.25) is 0 Å². The minimum Gasteiger partial charge on any atom is -0.495 e. The van der Waals surface area contributed by atoms with Crippen molar-refractivity contribution in [1.82, 2.24) is 4.98 Å². The summed E-state index contributed by atoms with van der Waals surface area (Å²) >= 11 is 11.9. The fourth-order valence-corrected chi connectivity index (χ4v) is 2.04. The van der Waals surface area contributed by atoms with Gasteiger partial charge in [0.2, 0.25) is 0 Å². The molecule has 2 rings (SSSR count). The number of ether oxygens (including phenoxy) is 2. The second-order valence-corrected chi connectivity index (χ2v) is 4.75. The van der Waals surface area contributed by atoms with Crippen molar-refractivity contribution in [3.05, 3.63) is 34.4 Å². The van der Waals surface area contributed by atoms with E-state index < -0.39 is 0 Å². The van der Waals surface area contributed by atoms with E-state index in [0.29, 0.717) is 38.7 Å². The average Bonchev–Trinajstić information content (AvgIpc) is 2.43. The topological polar surface area (TPSA) is 69.4 Å². The minimum absolute atomic E-state index is 0.425. The molecule has 0 fully saturated rings. The first-order chi connectivity index (χ1) is 9.55. The van der Waals surface area contributed by atoms with Gasteiger partial charge < -0.3 is 20.5 Å². The molecule has 1 aromatic heterocycles. The normalized spacial score (nSPS) is 10.2. The number of hydrogen-bond acceptors (Lipinski definition) is 5. The monoisotopic (exact) mass is 313 g/mol. The van der Waals surface area contributed by atoms with E-state index >= 15 is 0 Å². The molecule has 0 aliphatic rings. The molecule has 0 unspecified atom stereocenters. The van der Waals surface area contributed by atoms with Crippen LogP contribution in [0, 0.1) is 0 Å². The number of halogens is 2. The number of hydrogen-bond donors (Lipinski definition) is 2. The Hall–Kier alpha value is -1.85. The fourth-order valence-electron chi connectivity index (χ4n) is 1.65. The number of aromatic nitrogens is 1. The number of nitrogens with zero attached hydrogens (tertiary/aromatic N) is 1. The zero-order valence-corrected chi connectivity index (χ0v) is 12.4. The molecule has 0 saturated carbocycles. The molecule has 0 aliphatic carbocycles. The highest BCUT2D eigenvalue weighted by atomic mass is 35.5. The Morgan fingerprint density at radius 2 is 1.80 bits per heavy atom. The molecule has 2 aromatic rings. The van der Waals surface area contributed by atoms with Gasteiger partial charge in [-0.1, -0.05) is 23.2 Å². The number of pyridine rings is 1. The maximum absolute atomic E-state index is 6.04. The van der Waals surface area contributed by atoms with Crippen molar-refractivity contribution in [3.8, 4) is 11.5 Å². The van der Waals surface area contributed by atoms with Crippen LogP contribution in [0.15, 0.2) is 24.4 Å². The number of nitrogens with one attached hydrogen (secondary N) is 1. The summed E-state index contributed by atoms with van der Waals surface area (Å²) in [6.45, 7) is 0. The zero-order valence-electron chi connectivity index (χ0n) is 10.9. The maximum atomic E-state index is 6.04. The Bertz CT molecular complexity index is 635. The molecule has 7 heteroatoms. The molecule has 0 radical (unpaired) electrons. The van der Waals surface area contributed by atoms with Crippen LogP contribution in [-0.4, -0.2) is 19.2 Å². The smallest absolute Gasteiger partial charge is 0.153 e. The predicted octanol–water partition coefficient (Wildman–Crippen LogP) is 3.73. The van der Waals surface area contributed by atoms with E-state index in [2.05, 4.69) is 10.3 Å². The van der Waals surface area contributed by atoms with Crippen LogP contribution in [-0.2, 0) is 0 Å². The molecule has 0 bridgehead atoms. The summed E-state index contributed by atoms with van der Waals surface area (Å²) in [6.07, 6.45) is 1.50. The standard InChI is InChI=1S/C13H13Cl2N3O2/c1-19-11-5-10(12(20-2)4-8(11)15)18-13-9(16)3-7(14)6-17-13/h3-6H,16H2,1-2H3,(H,17,18). The number of nitrogens with two attached hydrogens (primary N) is 1. The average molecular weight is 314 g/mol. The Labute approximate surface area is 126 Å². The van der Waals surface area contributed by atoms with E-state index in [4.69, 9.17) is 38.4 Å². The molecule has 1 aromatic carbocycles. The largest absolute Gasteiger partial charge is 0.495 e. The molecule has 0 amide bonds. The molecule has 106 valence electrons. The van der Waals surface area contributed by atoms with Gasteiger partial charge in [-0.05, 0) is 6.07 Å². The van der Waals surface area contributed by atoms with Crippen molar-refractivity contribution in [2.24, 2.45) is 0 Å². The highest BCUT2D eigenvalue weighted by molar-refractivity contribution is 6.32. The van der Waals surface area contributed by atoms with Crippen LogP contribution in [0.4, 0.5) is 17.2 Å². The van der Waals surface area contributed by atoms with Crippen LogP contribution in [0.5, 0.6) is 11.5 Å². The van der Waals surface area contributed by atoms with Gasteiger partial charge in [-0.2, -0.15) is 0 Å². The molecule has 3 N–H and O–H groups in total. The number of methoxy groups -OCH3 is 2. The highest BCUT2D eigenvalue weighted by Crippen LogP contribution is 2.37. The highest BCUT2D eigenvalue weighted by Gasteiger charge is 2.12. The summed E-state index contributed by atoms with van der Waals surface area (Å²) in [5, 5.41) is 3.98. The molecule has 20 heavy (non-hydrogen) atoms. The summed E-state index contributed by atoms with van der Waals surface area (Å²) in [5.41, 5.74) is 6.91. The Balaban J connectivity index is 2.41. The number of rotatable bonds is 4. The van der Waals surface area contributed by atoms with Crippen LogP contribution in [0.1, 0.15) is 0 Å². The molecular formula is C13H13Cl2N3O2. The lowest BCUT2D eigenvalue weighted by atomic mass is 10.2. The fraction of sp³-hybridized carbons (Fsp3) is 0.154. The van der Waals surface area contributed by atoms with Gasteiger partial charge >= 0.3 is 0 Å². The van der Waals surface area contributed by atoms with Crippen molar-refractivity contribution in [3.63, 3.8) is 0 Å².